The molecule has 0 bridgehead atoms. The molecule has 0 radical (unpaired) electrons. The number of allylic oxidation sites excluding steroid dienone is 1. The number of fused-ring (bicyclic) bond motifs is 2. The van der Waals surface area contributed by atoms with Crippen molar-refractivity contribution in [1.82, 2.24) is 0 Å². The Morgan fingerprint density at radius 1 is 1.00 bits per heavy atom. The molecule has 0 aliphatic heterocycles. The number of rotatable bonds is 6. The molecule has 2 aromatic carbocycles. The zero-order valence-corrected chi connectivity index (χ0v) is 19.9. The van der Waals surface area contributed by atoms with E-state index in [9.17, 15) is 19.5 Å². The first-order chi connectivity index (χ1) is 16.3. The Balaban J connectivity index is 2.10. The summed E-state index contributed by atoms with van der Waals surface area (Å²) in [5.74, 6) is -0.330. The molecule has 6 nitrogen and oxygen atoms in total. The van der Waals surface area contributed by atoms with Crippen molar-refractivity contribution in [2.75, 3.05) is 0 Å². The Morgan fingerprint density at radius 2 is 1.71 bits per heavy atom. The highest BCUT2D eigenvalue weighted by molar-refractivity contribution is 6.10. The van der Waals surface area contributed by atoms with Crippen LogP contribution in [0.2, 0.25) is 0 Å². The van der Waals surface area contributed by atoms with Crippen molar-refractivity contribution in [2.24, 2.45) is 0 Å². The fourth-order valence-corrected chi connectivity index (χ4v) is 4.83. The van der Waals surface area contributed by atoms with Crippen molar-refractivity contribution < 1.29 is 23.8 Å². The highest BCUT2D eigenvalue weighted by Gasteiger charge is 2.48. The molecule has 176 valence electrons. The zero-order chi connectivity index (χ0) is 24.6. The second kappa shape index (κ2) is 8.93. The van der Waals surface area contributed by atoms with Gasteiger partial charge in [-0.1, -0.05) is 58.0 Å². The minimum absolute atomic E-state index is 0.0382. The van der Waals surface area contributed by atoms with Crippen molar-refractivity contribution in [3.05, 3.63) is 69.6 Å². The first kappa shape index (κ1) is 23.5. The van der Waals surface area contributed by atoms with Crippen molar-refractivity contribution in [1.29, 1.82) is 0 Å². The third-order valence-corrected chi connectivity index (χ3v) is 6.82. The molecule has 1 aromatic heterocycles. The van der Waals surface area contributed by atoms with Crippen LogP contribution in [0.25, 0.3) is 27.9 Å². The standard InChI is InChI=1S/C28H28O6/c1-5-17-25(31)24-19(29)15-21(34-27(24)28(7-3,8-4)26(17)32)23-18-12-10-9-11-16(18)13-14-20(23)33-22(30)6-2/h9-15,31H,5-8H2,1-4H3. The lowest BCUT2D eigenvalue weighted by Gasteiger charge is -2.35. The number of esters is 1. The highest BCUT2D eigenvalue weighted by atomic mass is 16.5. The van der Waals surface area contributed by atoms with Gasteiger partial charge in [-0.25, -0.2) is 0 Å². The molecule has 0 saturated heterocycles. The Morgan fingerprint density at radius 3 is 2.35 bits per heavy atom. The third-order valence-electron chi connectivity index (χ3n) is 6.82. The van der Waals surface area contributed by atoms with Gasteiger partial charge >= 0.3 is 5.97 Å². The number of ketones is 1. The summed E-state index contributed by atoms with van der Waals surface area (Å²) in [6, 6.07) is 12.3. The Labute approximate surface area is 197 Å². The van der Waals surface area contributed by atoms with E-state index in [0.29, 0.717) is 24.8 Å². The fraction of sp³-hybridized carbons (Fsp3) is 0.321. The number of aliphatic hydroxyl groups is 1. The number of aliphatic hydroxyl groups excluding tert-OH is 1. The smallest absolute Gasteiger partial charge is 0.310 e. The summed E-state index contributed by atoms with van der Waals surface area (Å²) in [7, 11) is 0. The number of benzene rings is 2. The summed E-state index contributed by atoms with van der Waals surface area (Å²) in [5.41, 5.74) is -0.764. The van der Waals surface area contributed by atoms with Gasteiger partial charge in [-0.05, 0) is 36.1 Å². The SMILES string of the molecule is CCC(=O)Oc1ccc2ccccc2c1-c1cc(=O)c2c(o1)C(CC)(CC)C(=O)C(CC)=C2O. The number of ether oxygens (including phenoxy) is 1. The van der Waals surface area contributed by atoms with Gasteiger partial charge in [0.05, 0.1) is 11.0 Å². The van der Waals surface area contributed by atoms with E-state index in [1.165, 1.54) is 6.07 Å². The average molecular weight is 461 g/mol. The molecule has 1 heterocycles. The highest BCUT2D eigenvalue weighted by Crippen LogP contribution is 2.46. The average Bonchev–Trinajstić information content (AvgIpc) is 2.84. The molecular weight excluding hydrogens is 432 g/mol. The Hall–Kier alpha value is -3.67. The molecular formula is C28H28O6. The minimum Gasteiger partial charge on any atom is -0.507 e. The molecule has 34 heavy (non-hydrogen) atoms. The predicted octanol–water partition coefficient (Wildman–Crippen LogP) is 6.10. The van der Waals surface area contributed by atoms with Crippen LogP contribution in [0.3, 0.4) is 0 Å². The van der Waals surface area contributed by atoms with E-state index in [0.717, 1.165) is 10.8 Å². The van der Waals surface area contributed by atoms with Gasteiger partial charge in [0, 0.05) is 18.1 Å². The molecule has 0 amide bonds. The summed E-state index contributed by atoms with van der Waals surface area (Å²) in [4.78, 5) is 39.0. The summed E-state index contributed by atoms with van der Waals surface area (Å²) >= 11 is 0. The van der Waals surface area contributed by atoms with Gasteiger partial charge in [0.15, 0.2) is 11.2 Å². The normalized spacial score (nSPS) is 14.9. The molecule has 1 aliphatic carbocycles. The lowest BCUT2D eigenvalue weighted by molar-refractivity contribution is -0.134. The predicted molar refractivity (Wildman–Crippen MR) is 131 cm³/mol. The van der Waals surface area contributed by atoms with Gasteiger partial charge < -0.3 is 14.3 Å². The largest absolute Gasteiger partial charge is 0.507 e. The maximum atomic E-state index is 13.5. The van der Waals surface area contributed by atoms with E-state index in [4.69, 9.17) is 9.15 Å². The summed E-state index contributed by atoms with van der Waals surface area (Å²) < 4.78 is 12.0. The molecule has 1 aliphatic rings. The van der Waals surface area contributed by atoms with Crippen LogP contribution < -0.4 is 10.2 Å². The van der Waals surface area contributed by atoms with Gasteiger partial charge in [0.25, 0.3) is 0 Å². The van der Waals surface area contributed by atoms with Gasteiger partial charge in [0.1, 0.15) is 28.6 Å². The molecule has 0 fully saturated rings. The van der Waals surface area contributed by atoms with E-state index in [2.05, 4.69) is 0 Å². The van der Waals surface area contributed by atoms with Gasteiger partial charge in [-0.3, -0.25) is 14.4 Å². The Kier molecular flexibility index (Phi) is 6.17. The second-order valence-corrected chi connectivity index (χ2v) is 8.47. The van der Waals surface area contributed by atoms with Crippen LogP contribution in [0, 0.1) is 0 Å². The molecule has 0 unspecified atom stereocenters. The first-order valence-electron chi connectivity index (χ1n) is 11.7. The van der Waals surface area contributed by atoms with Crippen molar-refractivity contribution in [3.63, 3.8) is 0 Å². The van der Waals surface area contributed by atoms with Gasteiger partial charge in [0.2, 0.25) is 0 Å². The number of carbonyl (C=O) groups excluding carboxylic acids is 2. The fourth-order valence-electron chi connectivity index (χ4n) is 4.83. The molecule has 1 N–H and O–H groups in total. The molecule has 6 heteroatoms. The maximum absolute atomic E-state index is 13.5. The summed E-state index contributed by atoms with van der Waals surface area (Å²) in [6.07, 6.45) is 1.31. The topological polar surface area (TPSA) is 93.8 Å². The minimum atomic E-state index is -1.06. The second-order valence-electron chi connectivity index (χ2n) is 8.47. The molecule has 0 saturated carbocycles. The van der Waals surface area contributed by atoms with E-state index < -0.39 is 16.8 Å². The van der Waals surface area contributed by atoms with Crippen LogP contribution in [0.1, 0.15) is 64.7 Å². The lowest BCUT2D eigenvalue weighted by Crippen LogP contribution is -2.41. The van der Waals surface area contributed by atoms with Crippen LogP contribution in [0.5, 0.6) is 5.75 Å². The monoisotopic (exact) mass is 460 g/mol. The Bertz CT molecular complexity index is 1390. The van der Waals surface area contributed by atoms with Gasteiger partial charge in [-0.15, -0.1) is 0 Å². The first-order valence-corrected chi connectivity index (χ1v) is 11.7. The third kappa shape index (κ3) is 3.45. The maximum Gasteiger partial charge on any atom is 0.310 e. The number of hydrogen-bond donors (Lipinski definition) is 1. The van der Waals surface area contributed by atoms with Gasteiger partial charge in [-0.2, -0.15) is 0 Å². The summed E-state index contributed by atoms with van der Waals surface area (Å²) in [5, 5.41) is 12.5. The van der Waals surface area contributed by atoms with E-state index >= 15 is 0 Å². The summed E-state index contributed by atoms with van der Waals surface area (Å²) in [6.45, 7) is 7.23. The number of carbonyl (C=O) groups is 2. The van der Waals surface area contributed by atoms with Crippen LogP contribution in [-0.4, -0.2) is 16.9 Å². The molecule has 3 aromatic rings. The van der Waals surface area contributed by atoms with Crippen molar-refractivity contribution in [3.8, 4) is 17.1 Å². The van der Waals surface area contributed by atoms with Crippen molar-refractivity contribution in [2.45, 2.75) is 58.8 Å². The van der Waals surface area contributed by atoms with E-state index in [1.54, 1.807) is 19.9 Å². The number of hydrogen-bond acceptors (Lipinski definition) is 6. The number of Topliss-reactive ketones (excluding diaryl/α,β-unsaturated/α-hetero) is 1. The molecule has 0 spiro atoms. The van der Waals surface area contributed by atoms with E-state index in [-0.39, 0.29) is 46.4 Å². The van der Waals surface area contributed by atoms with E-state index in [1.807, 2.05) is 44.2 Å². The van der Waals surface area contributed by atoms with Crippen LogP contribution in [-0.2, 0) is 15.0 Å². The lowest BCUT2D eigenvalue weighted by atomic mass is 9.68. The van der Waals surface area contributed by atoms with Crippen molar-refractivity contribution >= 4 is 28.3 Å². The molecule has 4 rings (SSSR count). The molecule has 0 atom stereocenters. The van der Waals surface area contributed by atoms with Crippen LogP contribution in [0.15, 0.2) is 57.2 Å². The zero-order valence-electron chi connectivity index (χ0n) is 19.9. The van der Waals surface area contributed by atoms with Crippen LogP contribution >= 0.6 is 0 Å². The quantitative estimate of drug-likeness (QED) is 0.353. The van der Waals surface area contributed by atoms with Crippen LogP contribution in [0.4, 0.5) is 0 Å².